The molecular weight excluding hydrogens is 282 g/mol. The van der Waals surface area contributed by atoms with Gasteiger partial charge in [0.1, 0.15) is 6.33 Å². The van der Waals surface area contributed by atoms with E-state index in [9.17, 15) is 9.13 Å². The lowest BCUT2D eigenvalue weighted by Crippen LogP contribution is -2.25. The molecule has 0 aliphatic heterocycles. The summed E-state index contributed by atoms with van der Waals surface area (Å²) < 4.78 is 28.9. The average molecular weight is 290 g/mol. The molecule has 0 unspecified atom stereocenters. The fraction of sp³-hybridized carbons (Fsp3) is 0.333. The molecule has 0 saturated heterocycles. The van der Waals surface area contributed by atoms with Crippen LogP contribution in [-0.4, -0.2) is 41.2 Å². The number of H-pyrrole nitrogens is 1. The molecule has 1 aromatic rings. The molecule has 0 atom stereocenters. The third-order valence-corrected chi connectivity index (χ3v) is 2.06. The number of nitrogens with one attached hydrogen (secondary N) is 2. The lowest BCUT2D eigenvalue weighted by molar-refractivity contribution is -0.0130. The maximum absolute atomic E-state index is 10.5. The number of nitrogens with zero attached hydrogens (tertiary/aromatic N) is 2. The van der Waals surface area contributed by atoms with Crippen molar-refractivity contribution in [3.63, 3.8) is 0 Å². The predicted octanol–water partition coefficient (Wildman–Crippen LogP) is -1.28. The zero-order valence-corrected chi connectivity index (χ0v) is 9.65. The summed E-state index contributed by atoms with van der Waals surface area (Å²) >= 11 is 0. The van der Waals surface area contributed by atoms with Gasteiger partial charge in [-0.25, -0.2) is 23.2 Å². The molecule has 17 heavy (non-hydrogen) atoms. The van der Waals surface area contributed by atoms with Gasteiger partial charge < -0.3 is 24.9 Å². The summed E-state index contributed by atoms with van der Waals surface area (Å²) in [4.78, 5) is 37.4. The highest BCUT2D eigenvalue weighted by Crippen LogP contribution is 2.43. The van der Waals surface area contributed by atoms with E-state index >= 15 is 0 Å². The van der Waals surface area contributed by atoms with E-state index in [2.05, 4.69) is 24.2 Å². The van der Waals surface area contributed by atoms with E-state index < -0.39 is 22.1 Å². The molecule has 12 nitrogen and oxygen atoms in total. The Bertz CT molecular complexity index is 412. The molecule has 0 bridgehead atoms. The van der Waals surface area contributed by atoms with Crippen LogP contribution in [0.3, 0.4) is 0 Å². The largest absolute Gasteiger partial charge is 0.473 e. The number of aromatic amines is 1. The number of phosphoric acid groups is 2. The van der Waals surface area contributed by atoms with Crippen LogP contribution in [0.25, 0.3) is 0 Å². The summed E-state index contributed by atoms with van der Waals surface area (Å²) in [6.07, 6.45) is -1.01. The van der Waals surface area contributed by atoms with Crippen molar-refractivity contribution in [2.75, 3.05) is 5.32 Å². The van der Waals surface area contributed by atoms with Gasteiger partial charge in [0.15, 0.2) is 0 Å². The highest BCUT2D eigenvalue weighted by Gasteiger charge is 2.30. The Hall–Kier alpha value is -0.840. The molecule has 0 aromatic carbocycles. The third kappa shape index (κ3) is 6.46. The molecule has 0 aliphatic rings. The first-order valence-electron chi connectivity index (χ1n) is 3.76. The van der Waals surface area contributed by atoms with Crippen LogP contribution < -0.4 is 5.32 Å². The molecule has 0 saturated carbocycles. The second-order valence-corrected chi connectivity index (χ2v) is 4.87. The Morgan fingerprint density at radius 2 is 1.76 bits per heavy atom. The average Bonchev–Trinajstić information content (AvgIpc) is 2.49. The van der Waals surface area contributed by atoms with Gasteiger partial charge >= 0.3 is 15.6 Å². The fourth-order valence-electron chi connectivity index (χ4n) is 0.705. The standard InChI is InChI=1S/C3H8N4O8P2/c8-16(9,10)14-3(15-17(11,12)13)6-2-4-1-5-7-2/h1,3H,(H2,8,9,10)(H2,11,12,13)(H2,4,5,6,7). The van der Waals surface area contributed by atoms with Crippen molar-refractivity contribution in [2.45, 2.75) is 6.41 Å². The maximum atomic E-state index is 10.5. The SMILES string of the molecule is O=P(O)(O)OC(Nc1nc[nH]n1)OP(=O)(O)O. The van der Waals surface area contributed by atoms with Gasteiger partial charge in [0.25, 0.3) is 6.41 Å². The first-order chi connectivity index (χ1) is 7.66. The second-order valence-electron chi connectivity index (χ2n) is 2.49. The summed E-state index contributed by atoms with van der Waals surface area (Å²) in [6, 6.07) is 0. The van der Waals surface area contributed by atoms with E-state index in [4.69, 9.17) is 19.6 Å². The number of hydrogen-bond donors (Lipinski definition) is 6. The van der Waals surface area contributed by atoms with Crippen LogP contribution in [0, 0.1) is 0 Å². The van der Waals surface area contributed by atoms with Crippen LogP contribution in [0.5, 0.6) is 0 Å². The first-order valence-corrected chi connectivity index (χ1v) is 6.82. The highest BCUT2D eigenvalue weighted by atomic mass is 31.2. The van der Waals surface area contributed by atoms with Crippen LogP contribution in [0.15, 0.2) is 6.33 Å². The van der Waals surface area contributed by atoms with Gasteiger partial charge in [-0.1, -0.05) is 0 Å². The van der Waals surface area contributed by atoms with Crippen molar-refractivity contribution >= 4 is 21.6 Å². The summed E-state index contributed by atoms with van der Waals surface area (Å²) in [5, 5.41) is 7.63. The molecule has 0 fully saturated rings. The van der Waals surface area contributed by atoms with Crippen molar-refractivity contribution < 1.29 is 37.8 Å². The van der Waals surface area contributed by atoms with Crippen LogP contribution in [0.2, 0.25) is 0 Å². The van der Waals surface area contributed by atoms with E-state index in [-0.39, 0.29) is 5.95 Å². The number of anilines is 1. The zero-order chi connectivity index (χ0) is 13.1. The van der Waals surface area contributed by atoms with Crippen molar-refractivity contribution in [1.29, 1.82) is 0 Å². The Balaban J connectivity index is 2.72. The minimum absolute atomic E-state index is 0.239. The van der Waals surface area contributed by atoms with Gasteiger partial charge in [0.2, 0.25) is 5.95 Å². The van der Waals surface area contributed by atoms with Gasteiger partial charge in [0, 0.05) is 0 Å². The highest BCUT2D eigenvalue weighted by molar-refractivity contribution is 7.47. The molecule has 0 aliphatic carbocycles. The Morgan fingerprint density at radius 3 is 2.12 bits per heavy atom. The molecule has 1 rings (SSSR count). The summed E-state index contributed by atoms with van der Waals surface area (Å²) in [7, 11) is -10.0. The maximum Gasteiger partial charge on any atom is 0.473 e. The molecule has 1 heterocycles. The Morgan fingerprint density at radius 1 is 1.24 bits per heavy atom. The van der Waals surface area contributed by atoms with Gasteiger partial charge in [0.05, 0.1) is 0 Å². The lowest BCUT2D eigenvalue weighted by Gasteiger charge is -2.18. The monoisotopic (exact) mass is 290 g/mol. The Labute approximate surface area is 93.5 Å². The van der Waals surface area contributed by atoms with Gasteiger partial charge in [-0.2, -0.15) is 0 Å². The molecular formula is C3H8N4O8P2. The van der Waals surface area contributed by atoms with E-state index in [1.54, 1.807) is 0 Å². The minimum atomic E-state index is -5.02. The molecule has 1 aromatic heterocycles. The van der Waals surface area contributed by atoms with Crippen LogP contribution in [-0.2, 0) is 18.2 Å². The second kappa shape index (κ2) is 5.21. The quantitative estimate of drug-likeness (QED) is 0.270. The van der Waals surface area contributed by atoms with E-state index in [1.165, 1.54) is 0 Å². The number of rotatable bonds is 6. The molecule has 98 valence electrons. The van der Waals surface area contributed by atoms with Crippen molar-refractivity contribution in [3.8, 4) is 0 Å². The lowest BCUT2D eigenvalue weighted by atomic mass is 10.9. The number of aromatic nitrogens is 3. The molecule has 0 amide bonds. The van der Waals surface area contributed by atoms with Gasteiger partial charge in [-0.3, -0.25) is 5.10 Å². The summed E-state index contributed by atoms with van der Waals surface area (Å²) in [6.45, 7) is 0. The number of hydrogen-bond acceptors (Lipinski definition) is 7. The molecule has 0 radical (unpaired) electrons. The van der Waals surface area contributed by atoms with E-state index in [0.717, 1.165) is 6.33 Å². The third-order valence-electron chi connectivity index (χ3n) is 1.13. The molecule has 0 spiro atoms. The van der Waals surface area contributed by atoms with E-state index in [0.29, 0.717) is 0 Å². The van der Waals surface area contributed by atoms with E-state index in [1.807, 2.05) is 5.32 Å². The fourth-order valence-corrected chi connectivity index (χ4v) is 1.46. The smallest absolute Gasteiger partial charge is 0.304 e. The zero-order valence-electron chi connectivity index (χ0n) is 7.87. The van der Waals surface area contributed by atoms with Crippen molar-refractivity contribution in [3.05, 3.63) is 6.33 Å². The van der Waals surface area contributed by atoms with Crippen molar-refractivity contribution in [1.82, 2.24) is 15.2 Å². The van der Waals surface area contributed by atoms with Gasteiger partial charge in [-0.15, -0.1) is 5.10 Å². The van der Waals surface area contributed by atoms with Crippen molar-refractivity contribution in [2.24, 2.45) is 0 Å². The normalized spacial score (nSPS) is 13.0. The minimum Gasteiger partial charge on any atom is -0.304 e. The van der Waals surface area contributed by atoms with Crippen LogP contribution >= 0.6 is 15.6 Å². The Kier molecular flexibility index (Phi) is 4.36. The van der Waals surface area contributed by atoms with Gasteiger partial charge in [-0.05, 0) is 0 Å². The summed E-state index contributed by atoms with van der Waals surface area (Å²) in [5.74, 6) is -0.239. The van der Waals surface area contributed by atoms with Crippen LogP contribution in [0.1, 0.15) is 0 Å². The topological polar surface area (TPSA) is 187 Å². The number of phosphoric ester groups is 2. The van der Waals surface area contributed by atoms with Crippen LogP contribution in [0.4, 0.5) is 5.95 Å². The summed E-state index contributed by atoms with van der Waals surface area (Å²) in [5.41, 5.74) is 0. The predicted molar refractivity (Wildman–Crippen MR) is 50.1 cm³/mol. The first kappa shape index (κ1) is 14.2. The molecule has 14 heteroatoms. The molecule has 6 N–H and O–H groups in total.